The first-order chi connectivity index (χ1) is 11.9. The molecule has 25 heavy (non-hydrogen) atoms. The molecule has 1 amide bonds. The first-order valence-corrected chi connectivity index (χ1v) is 11.1. The van der Waals surface area contributed by atoms with Crippen LogP contribution >= 0.6 is 0 Å². The molecule has 0 spiro atoms. The van der Waals surface area contributed by atoms with Gasteiger partial charge in [0.15, 0.2) is 0 Å². The summed E-state index contributed by atoms with van der Waals surface area (Å²) in [7, 11) is -3.39. The molecule has 138 valence electrons. The summed E-state index contributed by atoms with van der Waals surface area (Å²) in [6, 6.07) is 8.13. The SMILES string of the molecule is CS(=O)(=O)N(CC(=O)N1CCc2ccccc2C1)C1CCCCCC1. The van der Waals surface area contributed by atoms with Crippen LogP contribution < -0.4 is 0 Å². The Kier molecular flexibility index (Phi) is 5.79. The Labute approximate surface area is 151 Å². The maximum absolute atomic E-state index is 12.8. The van der Waals surface area contributed by atoms with E-state index in [9.17, 15) is 13.2 Å². The van der Waals surface area contributed by atoms with E-state index in [4.69, 9.17) is 0 Å². The quantitative estimate of drug-likeness (QED) is 0.772. The topological polar surface area (TPSA) is 57.7 Å². The molecule has 1 aromatic carbocycles. The van der Waals surface area contributed by atoms with Crippen LogP contribution in [0.4, 0.5) is 0 Å². The minimum absolute atomic E-state index is 0.0222. The summed E-state index contributed by atoms with van der Waals surface area (Å²) < 4.78 is 26.1. The van der Waals surface area contributed by atoms with E-state index in [1.165, 1.54) is 21.7 Å². The Morgan fingerprint density at radius 1 is 1.12 bits per heavy atom. The summed E-state index contributed by atoms with van der Waals surface area (Å²) in [6.45, 7) is 1.22. The molecule has 5 nitrogen and oxygen atoms in total. The first kappa shape index (κ1) is 18.4. The molecule has 1 fully saturated rings. The molecule has 1 saturated carbocycles. The van der Waals surface area contributed by atoms with Gasteiger partial charge in [-0.2, -0.15) is 4.31 Å². The fraction of sp³-hybridized carbons (Fsp3) is 0.632. The van der Waals surface area contributed by atoms with Crippen LogP contribution in [0.3, 0.4) is 0 Å². The summed E-state index contributed by atoms with van der Waals surface area (Å²) in [5.41, 5.74) is 2.46. The Balaban J connectivity index is 1.70. The fourth-order valence-corrected chi connectivity index (χ4v) is 5.10. The van der Waals surface area contributed by atoms with Crippen LogP contribution in [0.15, 0.2) is 24.3 Å². The summed E-state index contributed by atoms with van der Waals surface area (Å²) >= 11 is 0. The average Bonchev–Trinajstić information content (AvgIpc) is 2.87. The van der Waals surface area contributed by atoms with Gasteiger partial charge in [0.1, 0.15) is 0 Å². The van der Waals surface area contributed by atoms with Gasteiger partial charge in [0, 0.05) is 19.1 Å². The van der Waals surface area contributed by atoms with Crippen LogP contribution in [0.2, 0.25) is 0 Å². The van der Waals surface area contributed by atoms with Gasteiger partial charge in [0.25, 0.3) is 0 Å². The van der Waals surface area contributed by atoms with E-state index < -0.39 is 10.0 Å². The highest BCUT2D eigenvalue weighted by Gasteiger charge is 2.31. The zero-order chi connectivity index (χ0) is 17.9. The van der Waals surface area contributed by atoms with Crippen molar-refractivity contribution in [2.75, 3.05) is 19.3 Å². The predicted octanol–water partition coefficient (Wildman–Crippen LogP) is 2.56. The molecule has 0 aromatic heterocycles. The van der Waals surface area contributed by atoms with Crippen molar-refractivity contribution in [3.8, 4) is 0 Å². The van der Waals surface area contributed by atoms with E-state index >= 15 is 0 Å². The number of carbonyl (C=O) groups is 1. The molecule has 0 N–H and O–H groups in total. The van der Waals surface area contributed by atoms with Crippen LogP contribution in [0.25, 0.3) is 0 Å². The lowest BCUT2D eigenvalue weighted by Crippen LogP contribution is -2.48. The third-order valence-corrected chi connectivity index (χ3v) is 6.71. The Morgan fingerprint density at radius 3 is 2.40 bits per heavy atom. The van der Waals surface area contributed by atoms with E-state index in [1.807, 2.05) is 12.1 Å². The predicted molar refractivity (Wildman–Crippen MR) is 98.6 cm³/mol. The van der Waals surface area contributed by atoms with Gasteiger partial charge >= 0.3 is 0 Å². The Hall–Kier alpha value is -1.40. The Morgan fingerprint density at radius 2 is 1.76 bits per heavy atom. The number of benzene rings is 1. The zero-order valence-corrected chi connectivity index (χ0v) is 15.8. The van der Waals surface area contributed by atoms with Gasteiger partial charge in [-0.15, -0.1) is 0 Å². The lowest BCUT2D eigenvalue weighted by Gasteiger charge is -2.33. The third kappa shape index (κ3) is 4.61. The molecule has 0 atom stereocenters. The van der Waals surface area contributed by atoms with Crippen molar-refractivity contribution in [1.29, 1.82) is 0 Å². The van der Waals surface area contributed by atoms with E-state index in [-0.39, 0.29) is 18.5 Å². The number of hydrogen-bond acceptors (Lipinski definition) is 3. The highest BCUT2D eigenvalue weighted by Crippen LogP contribution is 2.24. The molecule has 1 aromatic rings. The van der Waals surface area contributed by atoms with Crippen LogP contribution in [-0.4, -0.2) is 48.9 Å². The highest BCUT2D eigenvalue weighted by atomic mass is 32.2. The first-order valence-electron chi connectivity index (χ1n) is 9.26. The molecule has 1 heterocycles. The van der Waals surface area contributed by atoms with Crippen LogP contribution in [0.1, 0.15) is 49.7 Å². The van der Waals surface area contributed by atoms with Crippen molar-refractivity contribution < 1.29 is 13.2 Å². The molecular weight excluding hydrogens is 336 g/mol. The smallest absolute Gasteiger partial charge is 0.238 e. The maximum Gasteiger partial charge on any atom is 0.238 e. The molecule has 1 aliphatic carbocycles. The van der Waals surface area contributed by atoms with Gasteiger partial charge in [-0.25, -0.2) is 8.42 Å². The van der Waals surface area contributed by atoms with Crippen molar-refractivity contribution >= 4 is 15.9 Å². The number of amides is 1. The van der Waals surface area contributed by atoms with Gasteiger partial charge in [0.05, 0.1) is 12.8 Å². The summed E-state index contributed by atoms with van der Waals surface area (Å²) in [5.74, 6) is -0.0795. The number of sulfonamides is 1. The Bertz CT molecular complexity index is 709. The van der Waals surface area contributed by atoms with Crippen molar-refractivity contribution in [1.82, 2.24) is 9.21 Å². The minimum atomic E-state index is -3.39. The molecule has 1 aliphatic heterocycles. The molecule has 0 saturated heterocycles. The number of carbonyl (C=O) groups excluding carboxylic acids is 1. The van der Waals surface area contributed by atoms with Gasteiger partial charge in [0.2, 0.25) is 15.9 Å². The van der Waals surface area contributed by atoms with Crippen LogP contribution in [-0.2, 0) is 27.8 Å². The van der Waals surface area contributed by atoms with Crippen LogP contribution in [0, 0.1) is 0 Å². The van der Waals surface area contributed by atoms with Crippen molar-refractivity contribution in [3.05, 3.63) is 35.4 Å². The number of fused-ring (bicyclic) bond motifs is 1. The molecule has 0 radical (unpaired) electrons. The van der Waals surface area contributed by atoms with Crippen LogP contribution in [0.5, 0.6) is 0 Å². The molecule has 0 unspecified atom stereocenters. The van der Waals surface area contributed by atoms with E-state index in [0.717, 1.165) is 44.9 Å². The van der Waals surface area contributed by atoms with Gasteiger partial charge in [-0.3, -0.25) is 4.79 Å². The van der Waals surface area contributed by atoms with Gasteiger partial charge in [-0.1, -0.05) is 49.9 Å². The van der Waals surface area contributed by atoms with Crippen molar-refractivity contribution in [3.63, 3.8) is 0 Å². The molecule has 6 heteroatoms. The largest absolute Gasteiger partial charge is 0.337 e. The third-order valence-electron chi connectivity index (χ3n) is 5.43. The van der Waals surface area contributed by atoms with E-state index in [0.29, 0.717) is 13.1 Å². The monoisotopic (exact) mass is 364 g/mol. The zero-order valence-electron chi connectivity index (χ0n) is 15.0. The standard InChI is InChI=1S/C19H28N2O3S/c1-25(23,24)21(18-10-4-2-3-5-11-18)15-19(22)20-13-12-16-8-6-7-9-17(16)14-20/h6-9,18H,2-5,10-15H2,1H3. The molecular formula is C19H28N2O3S. The summed E-state index contributed by atoms with van der Waals surface area (Å²) in [5, 5.41) is 0. The second-order valence-electron chi connectivity index (χ2n) is 7.29. The fourth-order valence-electron chi connectivity index (χ4n) is 4.00. The average molecular weight is 365 g/mol. The molecule has 0 bridgehead atoms. The second kappa shape index (κ2) is 7.87. The minimum Gasteiger partial charge on any atom is -0.337 e. The van der Waals surface area contributed by atoms with E-state index in [2.05, 4.69) is 12.1 Å². The van der Waals surface area contributed by atoms with Gasteiger partial charge in [-0.05, 0) is 30.4 Å². The van der Waals surface area contributed by atoms with Crippen molar-refractivity contribution in [2.45, 2.75) is 57.5 Å². The summed E-state index contributed by atoms with van der Waals surface area (Å²) in [6.07, 6.45) is 8.20. The lowest BCUT2D eigenvalue weighted by molar-refractivity contribution is -0.132. The normalized spacial score (nSPS) is 19.5. The number of hydrogen-bond donors (Lipinski definition) is 0. The van der Waals surface area contributed by atoms with Gasteiger partial charge < -0.3 is 4.90 Å². The van der Waals surface area contributed by atoms with Crippen molar-refractivity contribution in [2.24, 2.45) is 0 Å². The second-order valence-corrected chi connectivity index (χ2v) is 9.22. The number of rotatable bonds is 4. The summed E-state index contributed by atoms with van der Waals surface area (Å²) in [4.78, 5) is 14.6. The highest BCUT2D eigenvalue weighted by molar-refractivity contribution is 7.88. The molecule has 3 rings (SSSR count). The lowest BCUT2D eigenvalue weighted by atomic mass is 10.00. The molecule has 2 aliphatic rings. The van der Waals surface area contributed by atoms with E-state index in [1.54, 1.807) is 4.90 Å². The maximum atomic E-state index is 12.8. The number of nitrogens with zero attached hydrogens (tertiary/aromatic N) is 2.